The van der Waals surface area contributed by atoms with Crippen LogP contribution in [0.2, 0.25) is 5.02 Å². The number of benzene rings is 1. The molecule has 2 nitrogen and oxygen atoms in total. The highest BCUT2D eigenvalue weighted by atomic mass is 35.5. The summed E-state index contributed by atoms with van der Waals surface area (Å²) in [5.74, 6) is 0. The van der Waals surface area contributed by atoms with Crippen LogP contribution in [0.15, 0.2) is 24.3 Å². The molecule has 3 heteroatoms. The molecule has 1 fully saturated rings. The molecule has 0 aliphatic carbocycles. The van der Waals surface area contributed by atoms with E-state index in [1.807, 2.05) is 18.2 Å². The maximum Gasteiger partial charge on any atom is 0.0409 e. The summed E-state index contributed by atoms with van der Waals surface area (Å²) in [6, 6.07) is 9.30. The van der Waals surface area contributed by atoms with Crippen LogP contribution in [0.4, 0.5) is 0 Å². The molecular weight excluding hydrogens is 232 g/mol. The Bertz CT molecular complexity index is 348. The molecule has 2 N–H and O–H groups in total. The third kappa shape index (κ3) is 4.30. The van der Waals surface area contributed by atoms with E-state index in [4.69, 9.17) is 11.6 Å². The fourth-order valence-electron chi connectivity index (χ4n) is 2.41. The number of hydrogen-bond donors (Lipinski definition) is 2. The molecule has 1 aliphatic heterocycles. The van der Waals surface area contributed by atoms with Crippen LogP contribution >= 0.6 is 11.6 Å². The molecule has 2 unspecified atom stereocenters. The molecule has 0 radical (unpaired) electrons. The Morgan fingerprint density at radius 2 is 2.41 bits per heavy atom. The van der Waals surface area contributed by atoms with E-state index in [1.165, 1.54) is 31.4 Å². The van der Waals surface area contributed by atoms with Crippen LogP contribution < -0.4 is 10.6 Å². The number of halogens is 1. The van der Waals surface area contributed by atoms with Gasteiger partial charge >= 0.3 is 0 Å². The van der Waals surface area contributed by atoms with Crippen molar-refractivity contribution in [2.24, 2.45) is 0 Å². The summed E-state index contributed by atoms with van der Waals surface area (Å²) in [7, 11) is 0. The average molecular weight is 253 g/mol. The quantitative estimate of drug-likeness (QED) is 0.842. The predicted octanol–water partition coefficient (Wildman–Crippen LogP) is 2.96. The molecule has 1 aromatic carbocycles. The molecule has 1 heterocycles. The zero-order valence-electron chi connectivity index (χ0n) is 10.4. The minimum atomic E-state index is 0.546. The summed E-state index contributed by atoms with van der Waals surface area (Å²) in [5.41, 5.74) is 1.25. The molecule has 1 aliphatic rings. The minimum absolute atomic E-state index is 0.546. The molecule has 1 aromatic rings. The standard InChI is InChI=1S/C14H21ClN2/c1-11(8-14-6-3-7-16-14)17-10-12-4-2-5-13(15)9-12/h2,4-5,9,11,14,16-17H,3,6-8,10H2,1H3. The summed E-state index contributed by atoms with van der Waals surface area (Å²) in [6.07, 6.45) is 3.86. The monoisotopic (exact) mass is 252 g/mol. The average Bonchev–Trinajstić information content (AvgIpc) is 2.79. The van der Waals surface area contributed by atoms with Crippen molar-refractivity contribution in [1.29, 1.82) is 0 Å². The van der Waals surface area contributed by atoms with Gasteiger partial charge in [0, 0.05) is 23.7 Å². The molecule has 0 spiro atoms. The largest absolute Gasteiger partial charge is 0.314 e. The topological polar surface area (TPSA) is 24.1 Å². The van der Waals surface area contributed by atoms with E-state index < -0.39 is 0 Å². The number of hydrogen-bond acceptors (Lipinski definition) is 2. The van der Waals surface area contributed by atoms with Gasteiger partial charge in [0.2, 0.25) is 0 Å². The lowest BCUT2D eigenvalue weighted by Gasteiger charge is -2.18. The van der Waals surface area contributed by atoms with Crippen molar-refractivity contribution in [3.05, 3.63) is 34.9 Å². The van der Waals surface area contributed by atoms with E-state index in [1.54, 1.807) is 0 Å². The fraction of sp³-hybridized carbons (Fsp3) is 0.571. The maximum absolute atomic E-state index is 5.96. The Kier molecular flexibility index (Phi) is 4.84. The SMILES string of the molecule is CC(CC1CCCN1)NCc1cccc(Cl)c1. The van der Waals surface area contributed by atoms with Gasteiger partial charge in [0.25, 0.3) is 0 Å². The summed E-state index contributed by atoms with van der Waals surface area (Å²) < 4.78 is 0. The van der Waals surface area contributed by atoms with Crippen molar-refractivity contribution in [2.45, 2.75) is 44.8 Å². The molecular formula is C14H21ClN2. The van der Waals surface area contributed by atoms with Gasteiger partial charge in [-0.25, -0.2) is 0 Å². The summed E-state index contributed by atoms with van der Waals surface area (Å²) >= 11 is 5.96. The van der Waals surface area contributed by atoms with Gasteiger partial charge in [-0.05, 0) is 50.4 Å². The van der Waals surface area contributed by atoms with Crippen molar-refractivity contribution in [2.75, 3.05) is 6.54 Å². The van der Waals surface area contributed by atoms with E-state index in [0.717, 1.165) is 11.6 Å². The van der Waals surface area contributed by atoms with Gasteiger partial charge in [-0.3, -0.25) is 0 Å². The second-order valence-electron chi connectivity index (χ2n) is 4.94. The van der Waals surface area contributed by atoms with Crippen LogP contribution in [-0.4, -0.2) is 18.6 Å². The van der Waals surface area contributed by atoms with Crippen LogP contribution in [0, 0.1) is 0 Å². The lowest BCUT2D eigenvalue weighted by Crippen LogP contribution is -2.33. The van der Waals surface area contributed by atoms with Crippen LogP contribution in [-0.2, 0) is 6.54 Å². The highest BCUT2D eigenvalue weighted by Gasteiger charge is 2.16. The maximum atomic E-state index is 5.96. The Morgan fingerprint density at radius 1 is 1.53 bits per heavy atom. The van der Waals surface area contributed by atoms with Gasteiger partial charge in [0.05, 0.1) is 0 Å². The third-order valence-electron chi connectivity index (χ3n) is 3.34. The Morgan fingerprint density at radius 3 is 3.12 bits per heavy atom. The van der Waals surface area contributed by atoms with Crippen molar-refractivity contribution < 1.29 is 0 Å². The summed E-state index contributed by atoms with van der Waals surface area (Å²) in [5, 5.41) is 7.90. The lowest BCUT2D eigenvalue weighted by atomic mass is 10.1. The number of rotatable bonds is 5. The van der Waals surface area contributed by atoms with Crippen LogP contribution in [0.5, 0.6) is 0 Å². The highest BCUT2D eigenvalue weighted by molar-refractivity contribution is 6.30. The summed E-state index contributed by atoms with van der Waals surface area (Å²) in [4.78, 5) is 0. The van der Waals surface area contributed by atoms with Crippen molar-refractivity contribution in [1.82, 2.24) is 10.6 Å². The molecule has 94 valence electrons. The van der Waals surface area contributed by atoms with Crippen LogP contribution in [0.3, 0.4) is 0 Å². The van der Waals surface area contributed by atoms with Crippen molar-refractivity contribution in [3.8, 4) is 0 Å². The molecule has 0 aromatic heterocycles. The molecule has 17 heavy (non-hydrogen) atoms. The van der Waals surface area contributed by atoms with Crippen molar-refractivity contribution >= 4 is 11.6 Å². The Labute approximate surface area is 109 Å². The fourth-order valence-corrected chi connectivity index (χ4v) is 2.62. The van der Waals surface area contributed by atoms with E-state index in [0.29, 0.717) is 12.1 Å². The highest BCUT2D eigenvalue weighted by Crippen LogP contribution is 2.13. The molecule has 1 saturated heterocycles. The Balaban J connectivity index is 1.73. The molecule has 0 bridgehead atoms. The molecule has 0 amide bonds. The Hall–Kier alpha value is -0.570. The van der Waals surface area contributed by atoms with Crippen LogP contribution in [0.25, 0.3) is 0 Å². The third-order valence-corrected chi connectivity index (χ3v) is 3.58. The van der Waals surface area contributed by atoms with Crippen molar-refractivity contribution in [3.63, 3.8) is 0 Å². The minimum Gasteiger partial charge on any atom is -0.314 e. The molecule has 2 rings (SSSR count). The first-order valence-corrected chi connectivity index (χ1v) is 6.83. The zero-order chi connectivity index (χ0) is 12.1. The van der Waals surface area contributed by atoms with Gasteiger partial charge in [0.15, 0.2) is 0 Å². The first-order valence-electron chi connectivity index (χ1n) is 6.45. The first kappa shape index (κ1) is 12.9. The van der Waals surface area contributed by atoms with E-state index in [-0.39, 0.29) is 0 Å². The second-order valence-corrected chi connectivity index (χ2v) is 5.38. The van der Waals surface area contributed by atoms with Crippen LogP contribution in [0.1, 0.15) is 31.7 Å². The van der Waals surface area contributed by atoms with Gasteiger partial charge in [-0.1, -0.05) is 23.7 Å². The second kappa shape index (κ2) is 6.39. The smallest absolute Gasteiger partial charge is 0.0409 e. The predicted molar refractivity (Wildman–Crippen MR) is 73.4 cm³/mol. The normalized spacial score (nSPS) is 21.6. The summed E-state index contributed by atoms with van der Waals surface area (Å²) in [6.45, 7) is 4.34. The first-order chi connectivity index (χ1) is 8.24. The van der Waals surface area contributed by atoms with E-state index in [9.17, 15) is 0 Å². The van der Waals surface area contributed by atoms with Gasteiger partial charge in [-0.15, -0.1) is 0 Å². The molecule has 2 atom stereocenters. The van der Waals surface area contributed by atoms with E-state index >= 15 is 0 Å². The van der Waals surface area contributed by atoms with E-state index in [2.05, 4.69) is 23.6 Å². The zero-order valence-corrected chi connectivity index (χ0v) is 11.1. The van der Waals surface area contributed by atoms with Gasteiger partial charge in [0.1, 0.15) is 0 Å². The molecule has 0 saturated carbocycles. The van der Waals surface area contributed by atoms with Gasteiger partial charge in [-0.2, -0.15) is 0 Å². The van der Waals surface area contributed by atoms with Gasteiger partial charge < -0.3 is 10.6 Å². The number of nitrogens with one attached hydrogen (secondary N) is 2. The lowest BCUT2D eigenvalue weighted by molar-refractivity contribution is 0.440.